The van der Waals surface area contributed by atoms with Crippen LogP contribution < -0.4 is 4.18 Å². The molecule has 0 aliphatic rings. The zero-order chi connectivity index (χ0) is 15.5. The number of hydrogen-bond donors (Lipinski definition) is 0. The lowest BCUT2D eigenvalue weighted by molar-refractivity contribution is -0.385. The fraction of sp³-hybridized carbons (Fsp3) is 0. The summed E-state index contributed by atoms with van der Waals surface area (Å²) in [6.07, 6.45) is 0.284. The molecule has 0 saturated carbocycles. The van der Waals surface area contributed by atoms with Crippen LogP contribution in [-0.2, 0) is 10.1 Å². The van der Waals surface area contributed by atoms with Crippen LogP contribution in [0, 0.1) is 10.1 Å². The lowest BCUT2D eigenvalue weighted by Gasteiger charge is -2.07. The molecular formula is C13H9NO6S. The van der Waals surface area contributed by atoms with Crippen molar-refractivity contribution in [3.8, 4) is 5.75 Å². The maximum atomic E-state index is 12.0. The Balaban J connectivity index is 2.43. The van der Waals surface area contributed by atoms with Crippen LogP contribution in [0.3, 0.4) is 0 Å². The molecule has 0 aliphatic carbocycles. The fourth-order valence-electron chi connectivity index (χ4n) is 1.59. The summed E-state index contributed by atoms with van der Waals surface area (Å²) in [4.78, 5) is 20.3. The number of nitrogens with zero attached hydrogens (tertiary/aromatic N) is 1. The number of aldehydes is 1. The highest BCUT2D eigenvalue weighted by Gasteiger charge is 2.22. The van der Waals surface area contributed by atoms with Gasteiger partial charge in [0.15, 0.2) is 6.29 Å². The molecule has 2 aromatic carbocycles. The normalized spacial score (nSPS) is 10.9. The Labute approximate surface area is 120 Å². The Bertz CT molecular complexity index is 786. The van der Waals surface area contributed by atoms with Gasteiger partial charge in [0.2, 0.25) is 0 Å². The van der Waals surface area contributed by atoms with Crippen molar-refractivity contribution in [1.82, 2.24) is 0 Å². The van der Waals surface area contributed by atoms with Gasteiger partial charge in [-0.3, -0.25) is 14.9 Å². The quantitative estimate of drug-likeness (QED) is 0.363. The van der Waals surface area contributed by atoms with E-state index in [4.69, 9.17) is 4.18 Å². The van der Waals surface area contributed by atoms with Gasteiger partial charge in [0.05, 0.1) is 10.5 Å². The summed E-state index contributed by atoms with van der Waals surface area (Å²) in [5.74, 6) is 0.0830. The van der Waals surface area contributed by atoms with Crippen LogP contribution in [0.2, 0.25) is 0 Å². The van der Waals surface area contributed by atoms with Gasteiger partial charge in [0.25, 0.3) is 5.69 Å². The molecule has 7 nitrogen and oxygen atoms in total. The van der Waals surface area contributed by atoms with Crippen molar-refractivity contribution in [2.75, 3.05) is 0 Å². The molecule has 0 saturated heterocycles. The SMILES string of the molecule is O=Cc1ccc(S(=O)(=O)Oc2ccccc2)cc1[N+](=O)[O-]. The van der Waals surface area contributed by atoms with Gasteiger partial charge in [-0.05, 0) is 24.3 Å². The number of para-hydroxylation sites is 1. The molecule has 0 spiro atoms. The highest BCUT2D eigenvalue weighted by atomic mass is 32.2. The van der Waals surface area contributed by atoms with Gasteiger partial charge in [-0.25, -0.2) is 0 Å². The van der Waals surface area contributed by atoms with Crippen LogP contribution in [0.5, 0.6) is 5.75 Å². The minimum Gasteiger partial charge on any atom is -0.379 e. The molecular weight excluding hydrogens is 298 g/mol. The zero-order valence-electron chi connectivity index (χ0n) is 10.5. The van der Waals surface area contributed by atoms with Crippen LogP contribution >= 0.6 is 0 Å². The maximum absolute atomic E-state index is 12.0. The van der Waals surface area contributed by atoms with Gasteiger partial charge >= 0.3 is 10.1 Å². The maximum Gasteiger partial charge on any atom is 0.339 e. The molecule has 0 aliphatic heterocycles. The molecule has 0 amide bonds. The Morgan fingerprint density at radius 3 is 2.33 bits per heavy atom. The second-order valence-electron chi connectivity index (χ2n) is 3.95. The van der Waals surface area contributed by atoms with Gasteiger partial charge in [0.1, 0.15) is 10.6 Å². The molecule has 108 valence electrons. The first-order chi connectivity index (χ1) is 9.94. The summed E-state index contributed by atoms with van der Waals surface area (Å²) >= 11 is 0. The first-order valence-corrected chi connectivity index (χ1v) is 7.08. The molecule has 8 heteroatoms. The summed E-state index contributed by atoms with van der Waals surface area (Å²) in [5.41, 5.74) is -0.804. The number of benzene rings is 2. The molecule has 2 aromatic rings. The number of carbonyl (C=O) groups is 1. The first kappa shape index (κ1) is 14.7. The van der Waals surface area contributed by atoms with Crippen molar-refractivity contribution in [3.63, 3.8) is 0 Å². The number of nitro groups is 1. The van der Waals surface area contributed by atoms with Gasteiger partial charge < -0.3 is 4.18 Å². The number of rotatable bonds is 5. The fourth-order valence-corrected chi connectivity index (χ4v) is 2.54. The molecule has 0 N–H and O–H groups in total. The molecule has 0 radical (unpaired) electrons. The third-order valence-corrected chi connectivity index (χ3v) is 3.81. The summed E-state index contributed by atoms with van der Waals surface area (Å²) in [6, 6.07) is 10.7. The lowest BCUT2D eigenvalue weighted by atomic mass is 10.2. The smallest absolute Gasteiger partial charge is 0.339 e. The Hall–Kier alpha value is -2.74. The second-order valence-corrected chi connectivity index (χ2v) is 5.49. The zero-order valence-corrected chi connectivity index (χ0v) is 11.3. The topological polar surface area (TPSA) is 104 Å². The Kier molecular flexibility index (Phi) is 3.99. The van der Waals surface area contributed by atoms with Crippen molar-refractivity contribution in [3.05, 3.63) is 64.2 Å². The van der Waals surface area contributed by atoms with E-state index in [1.54, 1.807) is 18.2 Å². The van der Waals surface area contributed by atoms with E-state index in [1.165, 1.54) is 12.1 Å². The second kappa shape index (κ2) is 5.71. The largest absolute Gasteiger partial charge is 0.379 e. The number of carbonyl (C=O) groups excluding carboxylic acids is 1. The van der Waals surface area contributed by atoms with Gasteiger partial charge in [0, 0.05) is 6.07 Å². The third-order valence-electron chi connectivity index (χ3n) is 2.56. The van der Waals surface area contributed by atoms with Crippen LogP contribution in [-0.4, -0.2) is 19.6 Å². The van der Waals surface area contributed by atoms with Gasteiger partial charge in [-0.2, -0.15) is 8.42 Å². The molecule has 0 fully saturated rings. The summed E-state index contributed by atoms with van der Waals surface area (Å²) in [6.45, 7) is 0. The molecule has 0 unspecified atom stereocenters. The minimum absolute atomic E-state index is 0.0830. The Morgan fingerprint density at radius 2 is 1.76 bits per heavy atom. The highest BCUT2D eigenvalue weighted by Crippen LogP contribution is 2.24. The van der Waals surface area contributed by atoms with Crippen LogP contribution in [0.15, 0.2) is 53.4 Å². The van der Waals surface area contributed by atoms with Crippen molar-refractivity contribution < 1.29 is 22.3 Å². The molecule has 0 atom stereocenters. The predicted octanol–water partition coefficient (Wildman–Crippen LogP) is 2.17. The van der Waals surface area contributed by atoms with E-state index in [0.717, 1.165) is 18.2 Å². The van der Waals surface area contributed by atoms with Crippen LogP contribution in [0.4, 0.5) is 5.69 Å². The number of nitro benzene ring substituents is 1. The van der Waals surface area contributed by atoms with E-state index in [-0.39, 0.29) is 17.6 Å². The summed E-state index contributed by atoms with van der Waals surface area (Å²) in [5, 5.41) is 10.8. The van der Waals surface area contributed by atoms with Gasteiger partial charge in [-0.15, -0.1) is 0 Å². The number of hydrogen-bond acceptors (Lipinski definition) is 6. The average molecular weight is 307 g/mol. The van der Waals surface area contributed by atoms with E-state index in [1.807, 2.05) is 0 Å². The predicted molar refractivity (Wildman–Crippen MR) is 72.7 cm³/mol. The monoisotopic (exact) mass is 307 g/mol. The molecule has 0 aromatic heterocycles. The molecule has 0 heterocycles. The van der Waals surface area contributed by atoms with E-state index < -0.39 is 25.6 Å². The van der Waals surface area contributed by atoms with E-state index in [9.17, 15) is 23.3 Å². The molecule has 2 rings (SSSR count). The van der Waals surface area contributed by atoms with Crippen molar-refractivity contribution in [1.29, 1.82) is 0 Å². The van der Waals surface area contributed by atoms with Crippen LogP contribution in [0.1, 0.15) is 10.4 Å². The molecule has 21 heavy (non-hydrogen) atoms. The Morgan fingerprint density at radius 1 is 1.10 bits per heavy atom. The minimum atomic E-state index is -4.21. The highest BCUT2D eigenvalue weighted by molar-refractivity contribution is 7.87. The van der Waals surface area contributed by atoms with E-state index in [0.29, 0.717) is 0 Å². The van der Waals surface area contributed by atoms with Crippen LogP contribution in [0.25, 0.3) is 0 Å². The van der Waals surface area contributed by atoms with Crippen molar-refractivity contribution in [2.45, 2.75) is 4.90 Å². The van der Waals surface area contributed by atoms with Gasteiger partial charge in [-0.1, -0.05) is 18.2 Å². The summed E-state index contributed by atoms with van der Waals surface area (Å²) in [7, 11) is -4.21. The first-order valence-electron chi connectivity index (χ1n) is 5.67. The van der Waals surface area contributed by atoms with Crippen molar-refractivity contribution in [2.24, 2.45) is 0 Å². The third kappa shape index (κ3) is 3.23. The average Bonchev–Trinajstić information content (AvgIpc) is 2.47. The lowest BCUT2D eigenvalue weighted by Crippen LogP contribution is -2.10. The van der Waals surface area contributed by atoms with Crippen molar-refractivity contribution >= 4 is 22.1 Å². The molecule has 0 bridgehead atoms. The van der Waals surface area contributed by atoms with E-state index >= 15 is 0 Å². The standard InChI is InChI=1S/C13H9NO6S/c15-9-10-6-7-12(8-13(10)14(16)17)21(18,19)20-11-4-2-1-3-5-11/h1-9H. The van der Waals surface area contributed by atoms with E-state index in [2.05, 4.69) is 0 Å². The summed E-state index contributed by atoms with van der Waals surface area (Å²) < 4.78 is 28.9.